The van der Waals surface area contributed by atoms with Crippen LogP contribution in [0.15, 0.2) is 4.36 Å². The molecule has 0 aromatic carbocycles. The zero-order valence-corrected chi connectivity index (χ0v) is 3.16. The molecule has 0 aromatic rings. The van der Waals surface area contributed by atoms with Gasteiger partial charge in [-0.25, -0.2) is 4.79 Å². The Morgan fingerprint density at radius 1 is 2.00 bits per heavy atom. The van der Waals surface area contributed by atoms with Gasteiger partial charge in [0.25, 0.3) is 0 Å². The number of nitrogens with zero attached hydrogens (tertiary/aromatic N) is 1. The number of primary amides is 1. The van der Waals surface area contributed by atoms with Crippen LogP contribution in [0.3, 0.4) is 0 Å². The van der Waals surface area contributed by atoms with E-state index in [9.17, 15) is 4.79 Å². The van der Waals surface area contributed by atoms with Gasteiger partial charge in [0.2, 0.25) is 0 Å². The van der Waals surface area contributed by atoms with Crippen molar-refractivity contribution in [1.29, 1.82) is 0 Å². The van der Waals surface area contributed by atoms with Crippen molar-refractivity contribution in [3.05, 3.63) is 0 Å². The normalized spacial score (nSPS) is 6.40. The van der Waals surface area contributed by atoms with E-state index in [1.165, 1.54) is 0 Å². The maximum absolute atomic E-state index is 9.32. The van der Waals surface area contributed by atoms with E-state index < -0.39 is 6.03 Å². The number of amides is 2. The van der Waals surface area contributed by atoms with Gasteiger partial charge in [0.05, 0.1) is 0 Å². The lowest BCUT2D eigenvalue weighted by atomic mass is 11.2. The van der Waals surface area contributed by atoms with Crippen molar-refractivity contribution in [3.8, 4) is 0 Å². The van der Waals surface area contributed by atoms with Crippen LogP contribution in [0.2, 0.25) is 0 Å². The van der Waals surface area contributed by atoms with Gasteiger partial charge >= 0.3 is 6.03 Å². The van der Waals surface area contributed by atoms with Crippen LogP contribution in [-0.2, 0) is 12.4 Å². The molecule has 0 saturated heterocycles. The van der Waals surface area contributed by atoms with Crippen LogP contribution in [0.4, 0.5) is 4.79 Å². The summed E-state index contributed by atoms with van der Waals surface area (Å²) in [6.07, 6.45) is 0. The lowest BCUT2D eigenvalue weighted by Crippen LogP contribution is -2.01. The lowest BCUT2D eigenvalue weighted by molar-refractivity contribution is 0.257. The molecule has 0 unspecified atom stereocenters. The topological polar surface area (TPSA) is 55.5 Å². The minimum atomic E-state index is -0.806. The fraction of sp³-hybridized carbons (Fsp3) is 0. The second-order valence-corrected chi connectivity index (χ2v) is 0.612. The average Bonchev–Trinajstić information content (AvgIpc) is 1.38. The second-order valence-electron chi connectivity index (χ2n) is 0.430. The van der Waals surface area contributed by atoms with E-state index in [0.29, 0.717) is 0 Å². The molecular formula is CH2N2OS. The number of hydrogen-bond donors (Lipinski definition) is 1. The van der Waals surface area contributed by atoms with Gasteiger partial charge < -0.3 is 5.73 Å². The van der Waals surface area contributed by atoms with Crippen molar-refractivity contribution in [3.63, 3.8) is 0 Å². The Hall–Kier alpha value is -0.510. The zero-order valence-electron chi connectivity index (χ0n) is 2.34. The molecule has 2 N–H and O–H groups in total. The standard InChI is InChI=1S/CH2N2OS/c2-1(4)3-5/h(H2,2,4). The van der Waals surface area contributed by atoms with E-state index in [-0.39, 0.29) is 0 Å². The third-order valence-corrected chi connectivity index (χ3v) is 0.270. The van der Waals surface area contributed by atoms with Gasteiger partial charge in [-0.1, -0.05) is 0 Å². The predicted molar refractivity (Wildman–Crippen MR) is 19.4 cm³/mol. The number of nitrogens with two attached hydrogens (primary N) is 1. The highest BCUT2D eigenvalue weighted by Gasteiger charge is 1.73. The molecule has 0 spiro atoms. The molecule has 0 rings (SSSR count). The fourth-order valence-electron chi connectivity index (χ4n) is 0. The van der Waals surface area contributed by atoms with Crippen molar-refractivity contribution >= 4 is 18.5 Å². The van der Waals surface area contributed by atoms with Gasteiger partial charge in [0.1, 0.15) is 0 Å². The first-order chi connectivity index (χ1) is 2.27. The van der Waals surface area contributed by atoms with Gasteiger partial charge in [0, 0.05) is 12.4 Å². The third kappa shape index (κ3) is 3.49. The maximum atomic E-state index is 9.32. The van der Waals surface area contributed by atoms with Crippen LogP contribution in [0.1, 0.15) is 0 Å². The summed E-state index contributed by atoms with van der Waals surface area (Å²) in [4.78, 5) is 9.32. The maximum Gasteiger partial charge on any atom is 0.349 e. The van der Waals surface area contributed by atoms with Crippen molar-refractivity contribution in [1.82, 2.24) is 0 Å². The summed E-state index contributed by atoms with van der Waals surface area (Å²) in [5, 5.41) is 0. The molecule has 3 nitrogen and oxygen atoms in total. The first-order valence-corrected chi connectivity index (χ1v) is 1.26. The molecule has 0 fully saturated rings. The first kappa shape index (κ1) is 4.49. The van der Waals surface area contributed by atoms with Gasteiger partial charge in [0.15, 0.2) is 0 Å². The second kappa shape index (κ2) is 1.78. The van der Waals surface area contributed by atoms with E-state index in [2.05, 4.69) is 22.5 Å². The molecule has 0 radical (unpaired) electrons. The fourth-order valence-corrected chi connectivity index (χ4v) is 0. The number of hydrogen-bond acceptors (Lipinski definition) is 2. The van der Waals surface area contributed by atoms with Gasteiger partial charge in [-0.2, -0.15) is 0 Å². The molecule has 2 amide bonds. The van der Waals surface area contributed by atoms with Crippen molar-refractivity contribution in [2.75, 3.05) is 0 Å². The Morgan fingerprint density at radius 3 is 2.20 bits per heavy atom. The summed E-state index contributed by atoms with van der Waals surface area (Å²) in [6.45, 7) is 0. The Labute approximate surface area is 34.3 Å². The van der Waals surface area contributed by atoms with E-state index in [0.717, 1.165) is 0 Å². The van der Waals surface area contributed by atoms with Crippen LogP contribution in [0.25, 0.3) is 0 Å². The van der Waals surface area contributed by atoms with Crippen LogP contribution in [0.5, 0.6) is 0 Å². The molecule has 0 saturated carbocycles. The molecular weight excluding hydrogens is 88.1 g/mol. The number of carbonyl (C=O) groups is 1. The molecule has 0 atom stereocenters. The minimum absolute atomic E-state index is 0.806. The predicted octanol–water partition coefficient (Wildman–Crippen LogP) is -0.204. The Balaban J connectivity index is 3.20. The van der Waals surface area contributed by atoms with Crippen LogP contribution < -0.4 is 5.73 Å². The smallest absolute Gasteiger partial charge is 0.349 e. The van der Waals surface area contributed by atoms with Gasteiger partial charge in [-0.15, -0.1) is 4.36 Å². The van der Waals surface area contributed by atoms with Gasteiger partial charge in [-0.3, -0.25) is 0 Å². The molecule has 0 aliphatic rings. The van der Waals surface area contributed by atoms with Gasteiger partial charge in [-0.05, 0) is 0 Å². The van der Waals surface area contributed by atoms with E-state index in [1.807, 2.05) is 0 Å². The Morgan fingerprint density at radius 2 is 2.20 bits per heavy atom. The molecule has 5 heavy (non-hydrogen) atoms. The largest absolute Gasteiger partial charge is 0.349 e. The molecule has 0 heterocycles. The SMILES string of the molecule is NC(=O)N=S. The zero-order chi connectivity index (χ0) is 4.28. The Kier molecular flexibility index (Phi) is 1.60. The van der Waals surface area contributed by atoms with Crippen LogP contribution >= 0.6 is 0 Å². The molecule has 0 bridgehead atoms. The third-order valence-electron chi connectivity index (χ3n) is 0.0900. The molecule has 4 heteroatoms. The van der Waals surface area contributed by atoms with Crippen molar-refractivity contribution < 1.29 is 4.79 Å². The average molecular weight is 90.1 g/mol. The molecule has 0 aliphatic carbocycles. The summed E-state index contributed by atoms with van der Waals surface area (Å²) in [5.74, 6) is 0. The molecule has 0 aliphatic heterocycles. The Bertz CT molecular complexity index is 60.7. The highest BCUT2D eigenvalue weighted by atomic mass is 32.1. The van der Waals surface area contributed by atoms with Crippen molar-refractivity contribution in [2.45, 2.75) is 0 Å². The quantitative estimate of drug-likeness (QED) is 0.447. The molecule has 0 aromatic heterocycles. The summed E-state index contributed by atoms with van der Waals surface area (Å²) < 4.78 is 2.61. The summed E-state index contributed by atoms with van der Waals surface area (Å²) in [6, 6.07) is -0.806. The highest BCUT2D eigenvalue weighted by Crippen LogP contribution is 1.55. The monoisotopic (exact) mass is 90.0 g/mol. The molecule has 28 valence electrons. The number of rotatable bonds is 0. The number of carbonyl (C=O) groups excluding carboxylic acids is 1. The van der Waals surface area contributed by atoms with Crippen molar-refractivity contribution in [2.24, 2.45) is 10.1 Å². The van der Waals surface area contributed by atoms with E-state index >= 15 is 0 Å². The highest BCUT2D eigenvalue weighted by molar-refractivity contribution is 7.47. The first-order valence-electron chi connectivity index (χ1n) is 0.899. The van der Waals surface area contributed by atoms with Crippen LogP contribution in [-0.4, -0.2) is 6.03 Å². The summed E-state index contributed by atoms with van der Waals surface area (Å²) >= 11 is 3.83. The summed E-state index contributed by atoms with van der Waals surface area (Å²) in [5.41, 5.74) is 4.38. The minimum Gasteiger partial charge on any atom is -0.349 e. The van der Waals surface area contributed by atoms with E-state index in [4.69, 9.17) is 0 Å². The summed E-state index contributed by atoms with van der Waals surface area (Å²) in [7, 11) is 0. The lowest BCUT2D eigenvalue weighted by Gasteiger charge is -1.63. The van der Waals surface area contributed by atoms with E-state index in [1.54, 1.807) is 0 Å². The number of urea groups is 1. The van der Waals surface area contributed by atoms with Crippen LogP contribution in [0, 0.1) is 0 Å².